The fraction of sp³-hybridized carbons (Fsp3) is 0.714. The zero-order chi connectivity index (χ0) is 13.2. The lowest BCUT2D eigenvalue weighted by atomic mass is 9.97. The van der Waals surface area contributed by atoms with E-state index in [1.807, 2.05) is 0 Å². The normalized spacial score (nSPS) is 29.2. The summed E-state index contributed by atoms with van der Waals surface area (Å²) in [6.45, 7) is 6.82. The van der Waals surface area contributed by atoms with Gasteiger partial charge in [0.25, 0.3) is 0 Å². The van der Waals surface area contributed by atoms with Crippen LogP contribution < -0.4 is 0 Å². The van der Waals surface area contributed by atoms with Crippen LogP contribution in [0.3, 0.4) is 0 Å². The molecule has 0 aromatic carbocycles. The van der Waals surface area contributed by atoms with Gasteiger partial charge in [-0.3, -0.25) is 14.8 Å². The van der Waals surface area contributed by atoms with E-state index in [0.717, 1.165) is 24.8 Å². The number of fused-ring (bicyclic) bond motifs is 1. The summed E-state index contributed by atoms with van der Waals surface area (Å²) in [5.74, 6) is 0. The van der Waals surface area contributed by atoms with Gasteiger partial charge in [0.05, 0.1) is 18.1 Å². The smallest absolute Gasteiger partial charge is 0.147 e. The molecule has 2 saturated heterocycles. The quantitative estimate of drug-likeness (QED) is 0.831. The van der Waals surface area contributed by atoms with Crippen LogP contribution in [0.5, 0.6) is 0 Å². The molecule has 0 saturated carbocycles. The van der Waals surface area contributed by atoms with Gasteiger partial charge in [0, 0.05) is 31.7 Å². The second-order valence-corrected chi connectivity index (χ2v) is 6.14. The van der Waals surface area contributed by atoms with Crippen LogP contribution in [0.25, 0.3) is 0 Å². The van der Waals surface area contributed by atoms with Crippen molar-refractivity contribution in [3.05, 3.63) is 23.2 Å². The summed E-state index contributed by atoms with van der Waals surface area (Å²) in [5, 5.41) is 0.467. The molecule has 2 unspecified atom stereocenters. The third-order valence-electron chi connectivity index (χ3n) is 4.36. The molecule has 0 radical (unpaired) electrons. The van der Waals surface area contributed by atoms with Crippen LogP contribution in [0.2, 0.25) is 5.15 Å². The monoisotopic (exact) mass is 280 g/mol. The van der Waals surface area contributed by atoms with E-state index in [4.69, 9.17) is 11.6 Å². The van der Waals surface area contributed by atoms with E-state index >= 15 is 0 Å². The highest BCUT2D eigenvalue weighted by atomic mass is 35.5. The molecule has 2 aliphatic heterocycles. The minimum Gasteiger partial charge on any atom is -0.298 e. The van der Waals surface area contributed by atoms with E-state index in [2.05, 4.69) is 26.7 Å². The lowest BCUT2D eigenvalue weighted by Gasteiger charge is -2.47. The number of nitrogens with zero attached hydrogens (tertiary/aromatic N) is 4. The van der Waals surface area contributed by atoms with Crippen LogP contribution in [0.4, 0.5) is 0 Å². The summed E-state index contributed by atoms with van der Waals surface area (Å²) in [4.78, 5) is 13.7. The zero-order valence-electron chi connectivity index (χ0n) is 11.4. The van der Waals surface area contributed by atoms with E-state index in [9.17, 15) is 0 Å². The van der Waals surface area contributed by atoms with Crippen LogP contribution in [0.1, 0.15) is 31.9 Å². The molecule has 2 aliphatic rings. The van der Waals surface area contributed by atoms with Gasteiger partial charge in [0.1, 0.15) is 5.15 Å². The molecule has 0 aliphatic carbocycles. The van der Waals surface area contributed by atoms with Crippen LogP contribution in [0.15, 0.2) is 12.4 Å². The average Bonchev–Trinajstić information content (AvgIpc) is 2.42. The molecule has 0 amide bonds. The van der Waals surface area contributed by atoms with Crippen LogP contribution in [-0.2, 0) is 6.54 Å². The standard InChI is InChI=1S/C14H21ClN4/c1-11-8-18-5-3-2-4-13(18)10-19(11)9-12-6-17-14(15)7-16-12/h6-7,11,13H,2-5,8-10H2,1H3. The lowest BCUT2D eigenvalue weighted by molar-refractivity contribution is 0.0104. The Morgan fingerprint density at radius 3 is 2.95 bits per heavy atom. The highest BCUT2D eigenvalue weighted by Gasteiger charge is 2.32. The van der Waals surface area contributed by atoms with Crippen LogP contribution in [0, 0.1) is 0 Å². The van der Waals surface area contributed by atoms with Crippen LogP contribution in [-0.4, -0.2) is 51.5 Å². The Labute approximate surface area is 119 Å². The molecule has 3 heterocycles. The Kier molecular flexibility index (Phi) is 4.01. The van der Waals surface area contributed by atoms with Crippen molar-refractivity contribution in [1.82, 2.24) is 19.8 Å². The molecule has 1 aromatic heterocycles. The molecule has 0 spiro atoms. The topological polar surface area (TPSA) is 32.3 Å². The highest BCUT2D eigenvalue weighted by molar-refractivity contribution is 6.29. The van der Waals surface area contributed by atoms with Crippen molar-refractivity contribution in [2.45, 2.75) is 44.8 Å². The highest BCUT2D eigenvalue weighted by Crippen LogP contribution is 2.24. The van der Waals surface area contributed by atoms with E-state index in [1.165, 1.54) is 32.4 Å². The summed E-state index contributed by atoms with van der Waals surface area (Å²) in [6.07, 6.45) is 7.52. The predicted octanol–water partition coefficient (Wildman–Crippen LogP) is 2.19. The molecule has 3 rings (SSSR count). The van der Waals surface area contributed by atoms with Crippen molar-refractivity contribution in [2.75, 3.05) is 19.6 Å². The number of piperazine rings is 1. The summed E-state index contributed by atoms with van der Waals surface area (Å²) in [6, 6.07) is 1.33. The second kappa shape index (κ2) is 5.73. The Bertz CT molecular complexity index is 422. The van der Waals surface area contributed by atoms with Gasteiger partial charge in [-0.05, 0) is 26.3 Å². The maximum Gasteiger partial charge on any atom is 0.147 e. The minimum absolute atomic E-state index is 0.467. The molecule has 104 valence electrons. The van der Waals surface area contributed by atoms with Gasteiger partial charge in [-0.1, -0.05) is 18.0 Å². The van der Waals surface area contributed by atoms with E-state index < -0.39 is 0 Å². The van der Waals surface area contributed by atoms with Crippen molar-refractivity contribution in [2.24, 2.45) is 0 Å². The predicted molar refractivity (Wildman–Crippen MR) is 76.1 cm³/mol. The number of aromatic nitrogens is 2. The summed E-state index contributed by atoms with van der Waals surface area (Å²) >= 11 is 5.78. The Morgan fingerprint density at radius 2 is 2.16 bits per heavy atom. The molecule has 2 fully saturated rings. The largest absolute Gasteiger partial charge is 0.298 e. The van der Waals surface area contributed by atoms with Crippen molar-refractivity contribution in [3.63, 3.8) is 0 Å². The zero-order valence-corrected chi connectivity index (χ0v) is 12.2. The fourth-order valence-corrected chi connectivity index (χ4v) is 3.36. The first-order valence-corrected chi connectivity index (χ1v) is 7.54. The van der Waals surface area contributed by atoms with Crippen molar-refractivity contribution in [1.29, 1.82) is 0 Å². The van der Waals surface area contributed by atoms with Gasteiger partial charge < -0.3 is 0 Å². The van der Waals surface area contributed by atoms with Gasteiger partial charge in [-0.25, -0.2) is 4.98 Å². The van der Waals surface area contributed by atoms with E-state index in [0.29, 0.717) is 11.2 Å². The van der Waals surface area contributed by atoms with Crippen molar-refractivity contribution >= 4 is 11.6 Å². The number of rotatable bonds is 2. The third-order valence-corrected chi connectivity index (χ3v) is 4.55. The van der Waals surface area contributed by atoms with Crippen molar-refractivity contribution in [3.8, 4) is 0 Å². The molecule has 1 aromatic rings. The molecular weight excluding hydrogens is 260 g/mol. The van der Waals surface area contributed by atoms with Gasteiger partial charge in [-0.15, -0.1) is 0 Å². The Morgan fingerprint density at radius 1 is 1.26 bits per heavy atom. The van der Waals surface area contributed by atoms with Crippen LogP contribution >= 0.6 is 11.6 Å². The van der Waals surface area contributed by atoms with E-state index in [1.54, 1.807) is 12.4 Å². The molecule has 19 heavy (non-hydrogen) atoms. The Hall–Kier alpha value is -0.710. The first kappa shape index (κ1) is 13.3. The average molecular weight is 281 g/mol. The maximum atomic E-state index is 5.78. The fourth-order valence-electron chi connectivity index (χ4n) is 3.26. The summed E-state index contributed by atoms with van der Waals surface area (Å²) in [5.41, 5.74) is 1.01. The van der Waals surface area contributed by atoms with Crippen molar-refractivity contribution < 1.29 is 0 Å². The number of hydrogen-bond donors (Lipinski definition) is 0. The first-order chi connectivity index (χ1) is 9.22. The minimum atomic E-state index is 0.467. The maximum absolute atomic E-state index is 5.78. The molecule has 0 bridgehead atoms. The van der Waals surface area contributed by atoms with Gasteiger partial charge in [-0.2, -0.15) is 0 Å². The Balaban J connectivity index is 1.65. The number of piperidine rings is 1. The second-order valence-electron chi connectivity index (χ2n) is 5.75. The molecule has 0 N–H and O–H groups in total. The van der Waals surface area contributed by atoms with E-state index in [-0.39, 0.29) is 0 Å². The number of hydrogen-bond acceptors (Lipinski definition) is 4. The SMILES string of the molecule is CC1CN2CCCCC2CN1Cc1cnc(Cl)cn1. The van der Waals surface area contributed by atoms with Gasteiger partial charge in [0.15, 0.2) is 0 Å². The lowest BCUT2D eigenvalue weighted by Crippen LogP contribution is -2.58. The summed E-state index contributed by atoms with van der Waals surface area (Å²) < 4.78 is 0. The summed E-state index contributed by atoms with van der Waals surface area (Å²) in [7, 11) is 0. The molecule has 4 nitrogen and oxygen atoms in total. The third kappa shape index (κ3) is 3.07. The molecule has 5 heteroatoms. The molecule has 2 atom stereocenters. The first-order valence-electron chi connectivity index (χ1n) is 7.17. The van der Waals surface area contributed by atoms with Gasteiger partial charge in [0.2, 0.25) is 0 Å². The number of halogens is 1. The molecular formula is C14H21ClN4. The van der Waals surface area contributed by atoms with Gasteiger partial charge >= 0.3 is 0 Å².